The number of carbonyl (C=O) groups is 2. The number of benzene rings is 2. The van der Waals surface area contributed by atoms with Gasteiger partial charge < -0.3 is 4.74 Å². The molecule has 12 heteroatoms. The smallest absolute Gasteiger partial charge is 0.412 e. The standard InChI is InChI=1S/C22H22F2N6O4/c1-22(2,3)34-19(31)25-14-9-10-17-13(12-14)6-5-11-28(17)20(32)30-21(33)29(26-27-30)18-15(23)7-4-8-16(18)24/h4,7-10,12H,5-6,11H2,1-3H3,(H,25,31). The second-order valence-corrected chi connectivity index (χ2v) is 8.66. The molecule has 2 heterocycles. The highest BCUT2D eigenvalue weighted by molar-refractivity contribution is 5.95. The molecule has 2 amide bonds. The van der Waals surface area contributed by atoms with Gasteiger partial charge >= 0.3 is 17.8 Å². The van der Waals surface area contributed by atoms with Crippen molar-refractivity contribution in [1.82, 2.24) is 19.8 Å². The lowest BCUT2D eigenvalue weighted by atomic mass is 10.0. The summed E-state index contributed by atoms with van der Waals surface area (Å²) in [6.07, 6.45) is 0.601. The summed E-state index contributed by atoms with van der Waals surface area (Å²) in [7, 11) is 0. The van der Waals surface area contributed by atoms with Crippen molar-refractivity contribution in [3.63, 3.8) is 0 Å². The molecule has 1 aliphatic heterocycles. The van der Waals surface area contributed by atoms with Crippen molar-refractivity contribution < 1.29 is 23.1 Å². The van der Waals surface area contributed by atoms with E-state index in [1.165, 1.54) is 4.90 Å². The van der Waals surface area contributed by atoms with E-state index in [1.807, 2.05) is 0 Å². The number of aryl methyl sites for hydroxylation is 1. The highest BCUT2D eigenvalue weighted by Crippen LogP contribution is 2.30. The van der Waals surface area contributed by atoms with E-state index in [9.17, 15) is 23.2 Å². The molecule has 0 saturated carbocycles. The van der Waals surface area contributed by atoms with E-state index < -0.39 is 40.7 Å². The molecule has 0 bridgehead atoms. The molecule has 178 valence electrons. The van der Waals surface area contributed by atoms with Crippen LogP contribution in [-0.4, -0.2) is 44.1 Å². The van der Waals surface area contributed by atoms with E-state index in [0.29, 0.717) is 33.6 Å². The maximum absolute atomic E-state index is 14.1. The van der Waals surface area contributed by atoms with Gasteiger partial charge in [-0.3, -0.25) is 10.2 Å². The van der Waals surface area contributed by atoms with Gasteiger partial charge in [0.25, 0.3) is 0 Å². The maximum atomic E-state index is 14.1. The SMILES string of the molecule is CC(C)(C)OC(=O)Nc1ccc2c(c1)CCCN2C(=O)n1nnn(-c2c(F)cccc2F)c1=O. The van der Waals surface area contributed by atoms with E-state index in [0.717, 1.165) is 23.8 Å². The number of halogens is 2. The minimum atomic E-state index is -1.11. The lowest BCUT2D eigenvalue weighted by Crippen LogP contribution is -2.43. The second kappa shape index (κ2) is 8.69. The highest BCUT2D eigenvalue weighted by atomic mass is 19.1. The number of para-hydroxylation sites is 1. The molecule has 3 aromatic rings. The molecule has 4 rings (SSSR count). The lowest BCUT2D eigenvalue weighted by Gasteiger charge is -2.29. The molecule has 0 unspecified atom stereocenters. The largest absolute Gasteiger partial charge is 0.444 e. The van der Waals surface area contributed by atoms with Gasteiger partial charge in [-0.05, 0) is 79.9 Å². The molecule has 0 saturated heterocycles. The van der Waals surface area contributed by atoms with E-state index in [1.54, 1.807) is 39.0 Å². The van der Waals surface area contributed by atoms with Crippen LogP contribution in [0.1, 0.15) is 32.8 Å². The van der Waals surface area contributed by atoms with E-state index >= 15 is 0 Å². The fourth-order valence-electron chi connectivity index (χ4n) is 3.61. The number of amides is 2. The summed E-state index contributed by atoms with van der Waals surface area (Å²) >= 11 is 0. The topological polar surface area (TPSA) is 111 Å². The van der Waals surface area contributed by atoms with Crippen LogP contribution in [0.25, 0.3) is 5.69 Å². The average Bonchev–Trinajstić information content (AvgIpc) is 3.12. The summed E-state index contributed by atoms with van der Waals surface area (Å²) < 4.78 is 34.3. The maximum Gasteiger partial charge on any atom is 0.412 e. The first-order valence-electron chi connectivity index (χ1n) is 10.5. The summed E-state index contributed by atoms with van der Waals surface area (Å²) in [5.41, 5.74) is -0.718. The van der Waals surface area contributed by atoms with Crippen LogP contribution in [0.5, 0.6) is 0 Å². The number of fused-ring (bicyclic) bond motifs is 1. The Balaban J connectivity index is 1.61. The number of anilines is 2. The molecule has 1 aromatic heterocycles. The molecule has 0 spiro atoms. The Labute approximate surface area is 192 Å². The first kappa shape index (κ1) is 23.1. The molecule has 0 fully saturated rings. The van der Waals surface area contributed by atoms with Crippen molar-refractivity contribution >= 4 is 23.5 Å². The van der Waals surface area contributed by atoms with Crippen LogP contribution in [0.4, 0.5) is 29.7 Å². The van der Waals surface area contributed by atoms with Crippen LogP contribution in [-0.2, 0) is 11.2 Å². The van der Waals surface area contributed by atoms with Crippen molar-refractivity contribution in [2.24, 2.45) is 0 Å². The number of ether oxygens (including phenoxy) is 1. The van der Waals surface area contributed by atoms with Crippen molar-refractivity contribution in [2.45, 2.75) is 39.2 Å². The number of hydrogen-bond acceptors (Lipinski definition) is 6. The van der Waals surface area contributed by atoms with E-state index in [4.69, 9.17) is 4.74 Å². The Kier molecular flexibility index (Phi) is 5.90. The number of tetrazole rings is 1. The Hall–Kier alpha value is -4.09. The summed E-state index contributed by atoms with van der Waals surface area (Å²) in [5, 5.41) is 9.67. The van der Waals surface area contributed by atoms with Crippen molar-refractivity contribution in [3.8, 4) is 5.69 Å². The molecule has 1 N–H and O–H groups in total. The molecule has 34 heavy (non-hydrogen) atoms. The van der Waals surface area contributed by atoms with Gasteiger partial charge in [0.2, 0.25) is 0 Å². The van der Waals surface area contributed by atoms with Gasteiger partial charge in [-0.2, -0.15) is 4.68 Å². The van der Waals surface area contributed by atoms with E-state index in [-0.39, 0.29) is 6.54 Å². The third-order valence-corrected chi connectivity index (χ3v) is 4.99. The van der Waals surface area contributed by atoms with Crippen LogP contribution >= 0.6 is 0 Å². The van der Waals surface area contributed by atoms with Gasteiger partial charge in [-0.25, -0.2) is 23.2 Å². The van der Waals surface area contributed by atoms with Gasteiger partial charge in [-0.15, -0.1) is 4.68 Å². The zero-order valence-corrected chi connectivity index (χ0v) is 18.7. The first-order valence-corrected chi connectivity index (χ1v) is 10.5. The summed E-state index contributed by atoms with van der Waals surface area (Å²) in [6.45, 7) is 5.54. The number of nitrogens with one attached hydrogen (secondary N) is 1. The molecule has 0 radical (unpaired) electrons. The number of carbonyl (C=O) groups excluding carboxylic acids is 2. The lowest BCUT2D eigenvalue weighted by molar-refractivity contribution is 0.0636. The number of aromatic nitrogens is 4. The zero-order valence-electron chi connectivity index (χ0n) is 18.7. The van der Waals surface area contributed by atoms with Crippen LogP contribution in [0, 0.1) is 11.6 Å². The minimum absolute atomic E-state index is 0.290. The Morgan fingerprint density at radius 1 is 1.09 bits per heavy atom. The second-order valence-electron chi connectivity index (χ2n) is 8.66. The predicted molar refractivity (Wildman–Crippen MR) is 118 cm³/mol. The van der Waals surface area contributed by atoms with Crippen molar-refractivity contribution in [2.75, 3.05) is 16.8 Å². The van der Waals surface area contributed by atoms with Crippen LogP contribution in [0.15, 0.2) is 41.2 Å². The van der Waals surface area contributed by atoms with Crippen molar-refractivity contribution in [3.05, 3.63) is 64.1 Å². The Morgan fingerprint density at radius 3 is 2.47 bits per heavy atom. The number of hydrogen-bond donors (Lipinski definition) is 1. The molecule has 2 aromatic carbocycles. The van der Waals surface area contributed by atoms with E-state index in [2.05, 4.69) is 15.7 Å². The Bertz CT molecular complexity index is 1310. The molecule has 0 atom stereocenters. The zero-order chi connectivity index (χ0) is 24.6. The van der Waals surface area contributed by atoms with Gasteiger partial charge in [0, 0.05) is 17.9 Å². The average molecular weight is 472 g/mol. The van der Waals surface area contributed by atoms with Gasteiger partial charge in [0.05, 0.1) is 0 Å². The van der Waals surface area contributed by atoms with Gasteiger partial charge in [0.15, 0.2) is 11.6 Å². The van der Waals surface area contributed by atoms with Crippen molar-refractivity contribution in [1.29, 1.82) is 0 Å². The minimum Gasteiger partial charge on any atom is -0.444 e. The molecule has 0 aliphatic carbocycles. The monoisotopic (exact) mass is 472 g/mol. The normalized spacial score (nSPS) is 13.4. The fraction of sp³-hybridized carbons (Fsp3) is 0.318. The highest BCUT2D eigenvalue weighted by Gasteiger charge is 2.28. The predicted octanol–water partition coefficient (Wildman–Crippen LogP) is 3.48. The van der Waals surface area contributed by atoms with Crippen LogP contribution < -0.4 is 15.9 Å². The first-order chi connectivity index (χ1) is 16.0. The summed E-state index contributed by atoms with van der Waals surface area (Å²) in [5.74, 6) is -2.04. The van der Waals surface area contributed by atoms with Gasteiger partial charge in [-0.1, -0.05) is 6.07 Å². The van der Waals surface area contributed by atoms with Gasteiger partial charge in [0.1, 0.15) is 11.3 Å². The fourth-order valence-corrected chi connectivity index (χ4v) is 3.61. The summed E-state index contributed by atoms with van der Waals surface area (Å²) in [6, 6.07) is 7.21. The quantitative estimate of drug-likeness (QED) is 0.572. The third kappa shape index (κ3) is 4.51. The van der Waals surface area contributed by atoms with Crippen LogP contribution in [0.2, 0.25) is 0 Å². The molecular formula is C22H22F2N6O4. The molecule has 1 aliphatic rings. The summed E-state index contributed by atoms with van der Waals surface area (Å²) in [4.78, 5) is 39.2. The number of nitrogens with zero attached hydrogens (tertiary/aromatic N) is 5. The third-order valence-electron chi connectivity index (χ3n) is 4.99. The van der Waals surface area contributed by atoms with Crippen LogP contribution in [0.3, 0.4) is 0 Å². The number of rotatable bonds is 2. The Morgan fingerprint density at radius 2 is 1.79 bits per heavy atom. The molecule has 10 nitrogen and oxygen atoms in total. The molecular weight excluding hydrogens is 450 g/mol.